The molecule has 0 spiro atoms. The van der Waals surface area contributed by atoms with Crippen LogP contribution in [0.15, 0.2) is 0 Å². The topological polar surface area (TPSA) is 78.7 Å². The first kappa shape index (κ1) is 18.5. The Labute approximate surface area is 148 Å². The highest BCUT2D eigenvalue weighted by atomic mass is 32.3. The maximum absolute atomic E-state index is 9.22. The smallest absolute Gasteiger partial charge is 0.401 e. The second-order valence-corrected chi connectivity index (χ2v) is 9.90. The molecular weight excluding hydrogens is 350 g/mol. The molecule has 8 heteroatoms. The van der Waals surface area contributed by atoms with Crippen LogP contribution in [0.1, 0.15) is 45.4 Å². The van der Waals surface area contributed by atoms with Crippen molar-refractivity contribution in [1.82, 2.24) is 0 Å². The minimum absolute atomic E-state index is 0.404. The van der Waals surface area contributed by atoms with Gasteiger partial charge in [-0.25, -0.2) is 8.42 Å². The summed E-state index contributed by atoms with van der Waals surface area (Å²) in [5, 5.41) is 1.21. The van der Waals surface area contributed by atoms with Gasteiger partial charge in [-0.05, 0) is 55.7 Å². The van der Waals surface area contributed by atoms with E-state index in [2.05, 4.69) is 22.7 Å². The van der Waals surface area contributed by atoms with E-state index in [-0.39, 0.29) is 0 Å². The molecule has 5 rings (SSSR count). The van der Waals surface area contributed by atoms with Gasteiger partial charge in [0.15, 0.2) is 5.54 Å². The van der Waals surface area contributed by atoms with Crippen molar-refractivity contribution >= 4 is 27.4 Å². The lowest BCUT2D eigenvalue weighted by molar-refractivity contribution is -0.605. The molecule has 0 radical (unpaired) electrons. The molecule has 0 aromatic heterocycles. The van der Waals surface area contributed by atoms with E-state index in [1.54, 1.807) is 0 Å². The standard InChI is InChI=1S/C15H24NOS.CH4O4S/c1-10-9-18-14(17-10)16(2)15-6-11-3-12(7-15)5-13(4-11)8-15;1-5-6(2,3)4/h10-13H,3-9H2,1-2H3;1H3,(H,2,3,4)/q+1;/p-1. The predicted octanol–water partition coefficient (Wildman–Crippen LogP) is 2.20. The van der Waals surface area contributed by atoms with Gasteiger partial charge in [0, 0.05) is 25.0 Å². The monoisotopic (exact) mass is 377 g/mol. The summed E-state index contributed by atoms with van der Waals surface area (Å²) < 4.78 is 39.6. The third-order valence-corrected chi connectivity index (χ3v) is 7.60. The van der Waals surface area contributed by atoms with Crippen molar-refractivity contribution in [3.63, 3.8) is 0 Å². The SMILES string of the molecule is CC1CSC(=[N+](C)C23CC4CC(CC(C4)C2)C3)O1.COS(=O)(=O)[O-]. The van der Waals surface area contributed by atoms with Gasteiger partial charge in [0.05, 0.1) is 7.11 Å². The van der Waals surface area contributed by atoms with Crippen molar-refractivity contribution in [2.45, 2.75) is 57.1 Å². The van der Waals surface area contributed by atoms with E-state index in [1.807, 2.05) is 11.8 Å². The molecule has 1 atom stereocenters. The lowest BCUT2D eigenvalue weighted by atomic mass is 9.53. The van der Waals surface area contributed by atoms with Crippen LogP contribution in [-0.4, -0.2) is 54.3 Å². The highest BCUT2D eigenvalue weighted by molar-refractivity contribution is 8.13. The number of hydrogen-bond donors (Lipinski definition) is 0. The summed E-state index contributed by atoms with van der Waals surface area (Å²) in [4.78, 5) is 0. The van der Waals surface area contributed by atoms with E-state index >= 15 is 0 Å². The van der Waals surface area contributed by atoms with Crippen molar-refractivity contribution < 1.29 is 26.5 Å². The zero-order valence-electron chi connectivity index (χ0n) is 14.6. The van der Waals surface area contributed by atoms with Gasteiger partial charge in [0.2, 0.25) is 10.4 Å². The molecule has 4 aliphatic carbocycles. The minimum atomic E-state index is -4.41. The molecular formula is C16H27NO5S2. The third-order valence-electron chi connectivity index (χ3n) is 5.94. The summed E-state index contributed by atoms with van der Waals surface area (Å²) in [6.07, 6.45) is 9.25. The Morgan fingerprint density at radius 1 is 1.21 bits per heavy atom. The third kappa shape index (κ3) is 3.92. The van der Waals surface area contributed by atoms with Crippen LogP contribution in [0.2, 0.25) is 0 Å². The van der Waals surface area contributed by atoms with Gasteiger partial charge < -0.3 is 9.29 Å². The number of ether oxygens (including phenoxy) is 1. The molecule has 5 fully saturated rings. The van der Waals surface area contributed by atoms with Crippen LogP contribution >= 0.6 is 11.8 Å². The number of hydrogen-bond acceptors (Lipinski definition) is 6. The quantitative estimate of drug-likeness (QED) is 0.417. The Balaban J connectivity index is 0.000000246. The normalized spacial score (nSPS) is 42.3. The molecule has 0 aromatic carbocycles. The van der Waals surface area contributed by atoms with Gasteiger partial charge >= 0.3 is 5.23 Å². The van der Waals surface area contributed by atoms with Crippen molar-refractivity contribution in [3.05, 3.63) is 0 Å². The zero-order valence-corrected chi connectivity index (χ0v) is 16.2. The Bertz CT molecular complexity index is 581. The fourth-order valence-electron chi connectivity index (χ4n) is 5.27. The number of nitrogens with zero attached hydrogens (tertiary/aromatic N) is 1. The fourth-order valence-corrected chi connectivity index (χ4v) is 6.34. The highest BCUT2D eigenvalue weighted by Crippen LogP contribution is 2.57. The van der Waals surface area contributed by atoms with Crippen LogP contribution in [-0.2, 0) is 19.3 Å². The van der Waals surface area contributed by atoms with Gasteiger partial charge in [0.1, 0.15) is 13.2 Å². The molecule has 0 N–H and O–H groups in total. The lowest BCUT2D eigenvalue weighted by Crippen LogP contribution is -2.56. The molecule has 1 saturated heterocycles. The highest BCUT2D eigenvalue weighted by Gasteiger charge is 2.57. The van der Waals surface area contributed by atoms with E-state index in [9.17, 15) is 13.0 Å². The summed E-state index contributed by atoms with van der Waals surface area (Å²) in [5.41, 5.74) is 0.459. The first-order valence-electron chi connectivity index (χ1n) is 8.62. The van der Waals surface area contributed by atoms with Crippen molar-refractivity contribution in [1.29, 1.82) is 0 Å². The van der Waals surface area contributed by atoms with Crippen molar-refractivity contribution in [2.24, 2.45) is 17.8 Å². The first-order chi connectivity index (χ1) is 11.2. The van der Waals surface area contributed by atoms with Crippen LogP contribution < -0.4 is 0 Å². The molecule has 0 aromatic rings. The fraction of sp³-hybridized carbons (Fsp3) is 0.938. The van der Waals surface area contributed by atoms with Gasteiger partial charge in [-0.1, -0.05) is 0 Å². The van der Waals surface area contributed by atoms with E-state index in [1.165, 1.54) is 43.8 Å². The molecule has 0 amide bonds. The largest absolute Gasteiger partial charge is 0.726 e. The molecule has 1 unspecified atom stereocenters. The molecule has 6 nitrogen and oxygen atoms in total. The maximum Gasteiger partial charge on any atom is 0.401 e. The summed E-state index contributed by atoms with van der Waals surface area (Å²) in [6.45, 7) is 2.19. The Hall–Kier alpha value is -0.310. The molecule has 1 heterocycles. The number of thioether (sulfide) groups is 1. The van der Waals surface area contributed by atoms with E-state index in [0.29, 0.717) is 11.6 Å². The lowest BCUT2D eigenvalue weighted by Gasteiger charge is -2.53. The first-order valence-corrected chi connectivity index (χ1v) is 10.9. The van der Waals surface area contributed by atoms with Crippen LogP contribution in [0.5, 0.6) is 0 Å². The maximum atomic E-state index is 9.22. The van der Waals surface area contributed by atoms with Crippen LogP contribution in [0.3, 0.4) is 0 Å². The van der Waals surface area contributed by atoms with Gasteiger partial charge in [-0.15, -0.1) is 0 Å². The van der Waals surface area contributed by atoms with Crippen LogP contribution in [0.4, 0.5) is 0 Å². The Kier molecular flexibility index (Phi) is 5.22. The van der Waals surface area contributed by atoms with E-state index < -0.39 is 10.4 Å². The summed E-state index contributed by atoms with van der Waals surface area (Å²) in [7, 11) is -1.31. The van der Waals surface area contributed by atoms with Crippen LogP contribution in [0, 0.1) is 17.8 Å². The van der Waals surface area contributed by atoms with Gasteiger partial charge in [-0.2, -0.15) is 4.58 Å². The second-order valence-electron chi connectivity index (χ2n) is 7.78. The predicted molar refractivity (Wildman–Crippen MR) is 91.8 cm³/mol. The molecule has 4 bridgehead atoms. The molecule has 4 saturated carbocycles. The summed E-state index contributed by atoms with van der Waals surface area (Å²) in [5.74, 6) is 4.18. The molecule has 5 aliphatic rings. The Morgan fingerprint density at radius 2 is 1.67 bits per heavy atom. The molecule has 24 heavy (non-hydrogen) atoms. The molecule has 1 aliphatic heterocycles. The van der Waals surface area contributed by atoms with Gasteiger partial charge in [0.25, 0.3) is 0 Å². The number of rotatable bonds is 2. The van der Waals surface area contributed by atoms with Crippen LogP contribution in [0.25, 0.3) is 0 Å². The Morgan fingerprint density at radius 3 is 2.00 bits per heavy atom. The zero-order chi connectivity index (χ0) is 17.5. The van der Waals surface area contributed by atoms with E-state index in [0.717, 1.165) is 30.6 Å². The molecule has 138 valence electrons. The average Bonchev–Trinajstić information content (AvgIpc) is 2.91. The minimum Gasteiger partial charge on any atom is -0.726 e. The summed E-state index contributed by atoms with van der Waals surface area (Å²) >= 11 is 1.93. The summed E-state index contributed by atoms with van der Waals surface area (Å²) in [6, 6.07) is 0. The average molecular weight is 378 g/mol. The van der Waals surface area contributed by atoms with Crippen molar-refractivity contribution in [3.8, 4) is 0 Å². The van der Waals surface area contributed by atoms with Gasteiger partial charge in [-0.3, -0.25) is 4.18 Å². The second kappa shape index (κ2) is 6.78. The van der Waals surface area contributed by atoms with Crippen molar-refractivity contribution in [2.75, 3.05) is 19.9 Å². The van der Waals surface area contributed by atoms with E-state index in [4.69, 9.17) is 4.74 Å².